The maximum atomic E-state index is 6.06. The number of benzene rings is 2. The second-order valence-corrected chi connectivity index (χ2v) is 6.95. The van der Waals surface area contributed by atoms with Gasteiger partial charge in [0.15, 0.2) is 5.96 Å². The molecule has 6 heteroatoms. The predicted molar refractivity (Wildman–Crippen MR) is 125 cm³/mol. The molecule has 0 radical (unpaired) electrons. The Morgan fingerprint density at radius 1 is 1.22 bits per heavy atom. The van der Waals surface area contributed by atoms with Gasteiger partial charge in [-0.3, -0.25) is 4.99 Å². The van der Waals surface area contributed by atoms with Crippen molar-refractivity contribution in [1.29, 1.82) is 0 Å². The fourth-order valence-electron chi connectivity index (χ4n) is 3.26. The molecule has 0 bridgehead atoms. The smallest absolute Gasteiger partial charge is 0.193 e. The van der Waals surface area contributed by atoms with Gasteiger partial charge in [0.1, 0.15) is 5.75 Å². The van der Waals surface area contributed by atoms with Gasteiger partial charge in [0.05, 0.1) is 7.11 Å². The van der Waals surface area contributed by atoms with Crippen molar-refractivity contribution in [3.05, 3.63) is 53.6 Å². The van der Waals surface area contributed by atoms with Gasteiger partial charge in [-0.2, -0.15) is 0 Å². The van der Waals surface area contributed by atoms with Crippen molar-refractivity contribution in [3.63, 3.8) is 0 Å². The summed E-state index contributed by atoms with van der Waals surface area (Å²) in [4.78, 5) is 6.93. The molecule has 1 unspecified atom stereocenters. The number of guanidine groups is 1. The van der Waals surface area contributed by atoms with E-state index in [1.165, 1.54) is 16.8 Å². The molecule has 1 fully saturated rings. The Bertz CT molecular complexity index is 794. The molecule has 0 aliphatic carbocycles. The lowest BCUT2D eigenvalue weighted by Gasteiger charge is -2.19. The van der Waals surface area contributed by atoms with Crippen LogP contribution in [0.3, 0.4) is 0 Å². The number of halogens is 1. The first kappa shape index (κ1) is 21.3. The van der Waals surface area contributed by atoms with Crippen LogP contribution in [0.15, 0.2) is 47.5 Å². The molecule has 2 aromatic carbocycles. The maximum Gasteiger partial charge on any atom is 0.193 e. The van der Waals surface area contributed by atoms with E-state index in [1.54, 1.807) is 7.11 Å². The van der Waals surface area contributed by atoms with Crippen LogP contribution < -0.4 is 20.7 Å². The third-order valence-electron chi connectivity index (χ3n) is 5.00. The maximum absolute atomic E-state index is 6.06. The summed E-state index contributed by atoms with van der Waals surface area (Å²) in [6, 6.07) is 14.4. The van der Waals surface area contributed by atoms with Gasteiger partial charge in [0.2, 0.25) is 0 Å². The molecule has 0 spiro atoms. The molecule has 2 aromatic rings. The van der Waals surface area contributed by atoms with E-state index in [-0.39, 0.29) is 24.0 Å². The van der Waals surface area contributed by atoms with Crippen molar-refractivity contribution < 1.29 is 4.74 Å². The van der Waals surface area contributed by atoms with Crippen molar-refractivity contribution in [2.75, 3.05) is 37.0 Å². The second-order valence-electron chi connectivity index (χ2n) is 6.95. The SMILES string of the molecule is COc1cccc(N2CCC(CN=C(N)Nc3ccc(C)c(C)c3)C2)c1.I. The minimum Gasteiger partial charge on any atom is -0.497 e. The quantitative estimate of drug-likeness (QED) is 0.383. The number of aliphatic imine (C=N–C) groups is 1. The first-order valence-corrected chi connectivity index (χ1v) is 9.08. The first-order chi connectivity index (χ1) is 12.5. The van der Waals surface area contributed by atoms with E-state index in [4.69, 9.17) is 10.5 Å². The number of nitrogens with two attached hydrogens (primary N) is 1. The second kappa shape index (κ2) is 9.82. The zero-order chi connectivity index (χ0) is 18.5. The van der Waals surface area contributed by atoms with Crippen LogP contribution in [0.25, 0.3) is 0 Å². The van der Waals surface area contributed by atoms with Crippen LogP contribution in [0.1, 0.15) is 17.5 Å². The molecule has 5 nitrogen and oxygen atoms in total. The van der Waals surface area contributed by atoms with Gasteiger partial charge in [0.25, 0.3) is 0 Å². The van der Waals surface area contributed by atoms with E-state index in [1.807, 2.05) is 18.2 Å². The zero-order valence-corrected chi connectivity index (χ0v) is 18.6. The molecule has 1 aliphatic rings. The molecular formula is C21H29IN4O. The number of methoxy groups -OCH3 is 1. The summed E-state index contributed by atoms with van der Waals surface area (Å²) >= 11 is 0. The van der Waals surface area contributed by atoms with E-state index in [9.17, 15) is 0 Å². The number of hydrogen-bond donors (Lipinski definition) is 2. The summed E-state index contributed by atoms with van der Waals surface area (Å²) in [6.07, 6.45) is 1.12. The van der Waals surface area contributed by atoms with Crippen LogP contribution >= 0.6 is 24.0 Å². The number of nitrogens with zero attached hydrogens (tertiary/aromatic N) is 2. The number of rotatable bonds is 5. The lowest BCUT2D eigenvalue weighted by molar-refractivity contribution is 0.415. The van der Waals surface area contributed by atoms with Gasteiger partial charge in [-0.05, 0) is 61.6 Å². The van der Waals surface area contributed by atoms with Crippen LogP contribution in [-0.4, -0.2) is 32.7 Å². The highest BCUT2D eigenvalue weighted by atomic mass is 127. The van der Waals surface area contributed by atoms with Crippen molar-refractivity contribution in [2.24, 2.45) is 16.6 Å². The molecule has 1 saturated heterocycles. The summed E-state index contributed by atoms with van der Waals surface area (Å²) in [5, 5.41) is 3.19. The molecule has 0 aromatic heterocycles. The van der Waals surface area contributed by atoms with E-state index >= 15 is 0 Å². The summed E-state index contributed by atoms with van der Waals surface area (Å²) in [5.74, 6) is 1.89. The molecule has 27 heavy (non-hydrogen) atoms. The lowest BCUT2D eigenvalue weighted by atomic mass is 10.1. The van der Waals surface area contributed by atoms with Gasteiger partial charge in [-0.1, -0.05) is 12.1 Å². The number of ether oxygens (including phenoxy) is 1. The van der Waals surface area contributed by atoms with Crippen LogP contribution in [0.4, 0.5) is 11.4 Å². The van der Waals surface area contributed by atoms with Crippen LogP contribution in [-0.2, 0) is 0 Å². The Labute approximate surface area is 179 Å². The van der Waals surface area contributed by atoms with E-state index in [2.05, 4.69) is 53.3 Å². The Kier molecular flexibility index (Phi) is 7.77. The molecule has 1 atom stereocenters. The minimum absolute atomic E-state index is 0. The molecule has 0 saturated carbocycles. The number of aryl methyl sites for hydroxylation is 2. The molecule has 1 heterocycles. The number of hydrogen-bond acceptors (Lipinski definition) is 3. The summed E-state index contributed by atoms with van der Waals surface area (Å²) < 4.78 is 5.32. The summed E-state index contributed by atoms with van der Waals surface area (Å²) in [5.41, 5.74) is 10.8. The van der Waals surface area contributed by atoms with Crippen molar-refractivity contribution in [1.82, 2.24) is 0 Å². The summed E-state index contributed by atoms with van der Waals surface area (Å²) in [6.45, 7) is 6.97. The Morgan fingerprint density at radius 2 is 2.04 bits per heavy atom. The largest absolute Gasteiger partial charge is 0.497 e. The third-order valence-corrected chi connectivity index (χ3v) is 5.00. The van der Waals surface area contributed by atoms with Crippen molar-refractivity contribution >= 4 is 41.3 Å². The van der Waals surface area contributed by atoms with Crippen LogP contribution in [0.2, 0.25) is 0 Å². The summed E-state index contributed by atoms with van der Waals surface area (Å²) in [7, 11) is 1.70. The van der Waals surface area contributed by atoms with Gasteiger partial charge >= 0.3 is 0 Å². The standard InChI is InChI=1S/C21H28N4O.HI/c1-15-7-8-18(11-16(15)2)24-21(22)23-13-17-9-10-25(14-17)19-5-4-6-20(12-19)26-3;/h4-8,11-12,17H,9-10,13-14H2,1-3H3,(H3,22,23,24);1H. The highest BCUT2D eigenvalue weighted by molar-refractivity contribution is 14.0. The van der Waals surface area contributed by atoms with E-state index < -0.39 is 0 Å². The van der Waals surface area contributed by atoms with Crippen molar-refractivity contribution in [2.45, 2.75) is 20.3 Å². The fourth-order valence-corrected chi connectivity index (χ4v) is 3.26. The Morgan fingerprint density at radius 3 is 2.78 bits per heavy atom. The van der Waals surface area contributed by atoms with Gasteiger partial charge in [-0.15, -0.1) is 24.0 Å². The number of nitrogens with one attached hydrogen (secondary N) is 1. The average Bonchev–Trinajstić information content (AvgIpc) is 3.12. The fraction of sp³-hybridized carbons (Fsp3) is 0.381. The zero-order valence-electron chi connectivity index (χ0n) is 16.2. The molecule has 146 valence electrons. The van der Waals surface area contributed by atoms with Gasteiger partial charge in [-0.25, -0.2) is 0 Å². The third kappa shape index (κ3) is 5.76. The van der Waals surface area contributed by atoms with E-state index in [0.29, 0.717) is 11.9 Å². The number of anilines is 2. The highest BCUT2D eigenvalue weighted by Gasteiger charge is 2.22. The monoisotopic (exact) mass is 480 g/mol. The molecule has 3 rings (SSSR count). The Hall–Kier alpha value is -1.96. The van der Waals surface area contributed by atoms with E-state index in [0.717, 1.165) is 37.5 Å². The van der Waals surface area contributed by atoms with Crippen molar-refractivity contribution in [3.8, 4) is 5.75 Å². The topological polar surface area (TPSA) is 62.9 Å². The first-order valence-electron chi connectivity index (χ1n) is 9.08. The van der Waals surface area contributed by atoms with Crippen LogP contribution in [0, 0.1) is 19.8 Å². The predicted octanol–water partition coefficient (Wildman–Crippen LogP) is 4.18. The molecule has 3 N–H and O–H groups in total. The van der Waals surface area contributed by atoms with Gasteiger partial charge in [0, 0.05) is 37.1 Å². The minimum atomic E-state index is 0. The van der Waals surface area contributed by atoms with Crippen LogP contribution in [0.5, 0.6) is 5.75 Å². The molecule has 0 amide bonds. The molecular weight excluding hydrogens is 451 g/mol. The molecule has 1 aliphatic heterocycles. The average molecular weight is 480 g/mol. The normalized spacial score (nSPS) is 16.8. The lowest BCUT2D eigenvalue weighted by Crippen LogP contribution is -2.25. The highest BCUT2D eigenvalue weighted by Crippen LogP contribution is 2.27. The van der Waals surface area contributed by atoms with Gasteiger partial charge < -0.3 is 20.7 Å². The Balaban J connectivity index is 0.00000261.